The molecule has 0 spiro atoms. The molecule has 6 rings (SSSR count). The third kappa shape index (κ3) is 5.57. The largest absolute Gasteiger partial charge is 0.491 e. The number of thioether (sulfide) groups is 1. The number of hydrogen-bond acceptors (Lipinski definition) is 6. The van der Waals surface area contributed by atoms with Crippen LogP contribution >= 0.6 is 11.8 Å². The van der Waals surface area contributed by atoms with Crippen molar-refractivity contribution in [1.29, 1.82) is 5.41 Å². The molecule has 1 N–H and O–H groups in total. The van der Waals surface area contributed by atoms with Crippen molar-refractivity contribution in [1.82, 2.24) is 9.58 Å². The first kappa shape index (κ1) is 26.3. The number of carbonyl (C=O) groups excluding carboxylic acids is 1. The maximum absolute atomic E-state index is 13.0. The number of benzene rings is 3. The molecule has 0 atom stereocenters. The van der Waals surface area contributed by atoms with Crippen LogP contribution in [0.3, 0.4) is 0 Å². The van der Waals surface area contributed by atoms with Crippen molar-refractivity contribution in [3.63, 3.8) is 0 Å². The number of hydrogen-bond donors (Lipinski definition) is 1. The highest BCUT2D eigenvalue weighted by atomic mass is 32.2. The summed E-state index contributed by atoms with van der Waals surface area (Å²) < 4.78 is 14.0. The van der Waals surface area contributed by atoms with E-state index in [0.29, 0.717) is 23.4 Å². The number of carbonyl (C=O) groups is 1. The molecule has 9 heteroatoms. The smallest absolute Gasteiger partial charge is 0.283 e. The highest BCUT2D eigenvalue weighted by molar-refractivity contribution is 8.27. The van der Waals surface area contributed by atoms with Gasteiger partial charge in [0.05, 0.1) is 12.1 Å². The van der Waals surface area contributed by atoms with E-state index in [-0.39, 0.29) is 18.0 Å². The topological polar surface area (TPSA) is 92.3 Å². The zero-order valence-electron chi connectivity index (χ0n) is 22.2. The van der Waals surface area contributed by atoms with Gasteiger partial charge in [0.1, 0.15) is 29.8 Å². The van der Waals surface area contributed by atoms with Crippen molar-refractivity contribution < 1.29 is 14.3 Å². The lowest BCUT2D eigenvalue weighted by Gasteiger charge is -2.20. The second-order valence-corrected chi connectivity index (χ2v) is 10.4. The Kier molecular flexibility index (Phi) is 7.51. The maximum Gasteiger partial charge on any atom is 0.283 e. The number of amidine groups is 2. The van der Waals surface area contributed by atoms with E-state index in [1.165, 1.54) is 16.8 Å². The van der Waals surface area contributed by atoms with Crippen LogP contribution in [0.2, 0.25) is 0 Å². The van der Waals surface area contributed by atoms with Gasteiger partial charge in [0.25, 0.3) is 5.91 Å². The molecule has 4 aromatic rings. The van der Waals surface area contributed by atoms with Crippen LogP contribution in [0.15, 0.2) is 113 Å². The van der Waals surface area contributed by atoms with Crippen LogP contribution in [0.25, 0.3) is 17.0 Å². The lowest BCUT2D eigenvalue weighted by Crippen LogP contribution is -2.35. The van der Waals surface area contributed by atoms with Gasteiger partial charge in [0, 0.05) is 22.7 Å². The van der Waals surface area contributed by atoms with Crippen LogP contribution in [0.4, 0.5) is 0 Å². The van der Waals surface area contributed by atoms with E-state index in [1.54, 1.807) is 6.08 Å². The van der Waals surface area contributed by atoms with Crippen molar-refractivity contribution in [2.45, 2.75) is 13.0 Å². The number of allylic oxidation sites excluding steroid dienone is 1. The predicted molar refractivity (Wildman–Crippen MR) is 165 cm³/mol. The van der Waals surface area contributed by atoms with E-state index >= 15 is 0 Å². The average Bonchev–Trinajstić information content (AvgIpc) is 3.57. The Morgan fingerprint density at radius 1 is 0.976 bits per heavy atom. The first-order chi connectivity index (χ1) is 20.1. The zero-order valence-corrected chi connectivity index (χ0v) is 23.0. The molecule has 3 aromatic carbocycles. The zero-order chi connectivity index (χ0) is 28.2. The van der Waals surface area contributed by atoms with E-state index in [2.05, 4.69) is 21.2 Å². The Hall–Kier alpha value is -4.89. The monoisotopic (exact) mass is 561 g/mol. The Bertz CT molecular complexity index is 1740. The van der Waals surface area contributed by atoms with Gasteiger partial charge in [0.15, 0.2) is 5.84 Å². The molecule has 1 amide bonds. The molecule has 1 aromatic heterocycles. The maximum atomic E-state index is 13.0. The summed E-state index contributed by atoms with van der Waals surface area (Å²) in [6, 6.07) is 25.4. The van der Waals surface area contributed by atoms with Crippen LogP contribution in [-0.4, -0.2) is 44.7 Å². The van der Waals surface area contributed by atoms with Gasteiger partial charge in [-0.25, -0.2) is 0 Å². The molecular weight excluding hydrogens is 534 g/mol. The summed E-state index contributed by atoms with van der Waals surface area (Å²) in [4.78, 5) is 17.3. The van der Waals surface area contributed by atoms with Gasteiger partial charge >= 0.3 is 0 Å². The SMILES string of the molecule is C=CCc1ccccc1OCCn1cc(/C=C2/C(=N)N3N=C(COc4ccccc4)SC3=NC2=O)c2ccccc21. The normalized spacial score (nSPS) is 15.6. The van der Waals surface area contributed by atoms with Crippen LogP contribution in [0.5, 0.6) is 11.5 Å². The number of ether oxygens (including phenoxy) is 2. The third-order valence-corrected chi connectivity index (χ3v) is 7.53. The Labute approximate surface area is 241 Å². The second-order valence-electron chi connectivity index (χ2n) is 9.36. The average molecular weight is 562 g/mol. The number of rotatable bonds is 10. The molecule has 2 aliphatic rings. The molecule has 8 nitrogen and oxygen atoms in total. The standard InChI is InChI=1S/C32H27N5O3S/c1-2-10-22-11-6-9-16-28(22)39-18-17-36-20-23(25-14-7-8-15-27(25)36)19-26-30(33)37-32(34-31(26)38)41-29(35-37)21-40-24-12-4-3-5-13-24/h2-9,11-16,19-20,33H,1,10,17-18,21H2/b26-19-,33-30?. The van der Waals surface area contributed by atoms with Crippen molar-refractivity contribution in [2.75, 3.05) is 13.2 Å². The van der Waals surface area contributed by atoms with Crippen molar-refractivity contribution in [2.24, 2.45) is 10.1 Å². The molecule has 2 aliphatic heterocycles. The van der Waals surface area contributed by atoms with Crippen molar-refractivity contribution in [3.8, 4) is 11.5 Å². The van der Waals surface area contributed by atoms with Crippen LogP contribution in [-0.2, 0) is 17.8 Å². The van der Waals surface area contributed by atoms with Gasteiger partial charge in [-0.2, -0.15) is 15.1 Å². The highest BCUT2D eigenvalue weighted by Gasteiger charge is 2.36. The number of aliphatic imine (C=N–C) groups is 1. The Balaban J connectivity index is 1.21. The lowest BCUT2D eigenvalue weighted by atomic mass is 10.1. The molecule has 0 bridgehead atoms. The number of hydrazone groups is 1. The third-order valence-electron chi connectivity index (χ3n) is 6.65. The molecule has 41 heavy (non-hydrogen) atoms. The summed E-state index contributed by atoms with van der Waals surface area (Å²) in [5.74, 6) is 1.09. The fraction of sp³-hybridized carbons (Fsp3) is 0.125. The molecule has 0 aliphatic carbocycles. The minimum absolute atomic E-state index is 0.0128. The van der Waals surface area contributed by atoms with Gasteiger partial charge in [-0.05, 0) is 54.1 Å². The van der Waals surface area contributed by atoms with E-state index in [4.69, 9.17) is 14.9 Å². The van der Waals surface area contributed by atoms with E-state index in [0.717, 1.165) is 39.9 Å². The summed E-state index contributed by atoms with van der Waals surface area (Å²) in [6.45, 7) is 5.13. The van der Waals surface area contributed by atoms with Gasteiger partial charge in [-0.15, -0.1) is 6.58 Å². The summed E-state index contributed by atoms with van der Waals surface area (Å²) in [6.07, 6.45) is 6.32. The highest BCUT2D eigenvalue weighted by Crippen LogP contribution is 2.30. The summed E-state index contributed by atoms with van der Waals surface area (Å²) in [7, 11) is 0. The number of fused-ring (bicyclic) bond motifs is 2. The number of para-hydroxylation sites is 3. The first-order valence-electron chi connectivity index (χ1n) is 13.2. The second kappa shape index (κ2) is 11.7. The fourth-order valence-electron chi connectivity index (χ4n) is 4.71. The molecule has 0 saturated heterocycles. The molecule has 204 valence electrons. The first-order valence-corrected chi connectivity index (χ1v) is 14.0. The quantitative estimate of drug-likeness (QED) is 0.185. The molecule has 0 radical (unpaired) electrons. The predicted octanol–water partition coefficient (Wildman–Crippen LogP) is 6.15. The molecule has 0 saturated carbocycles. The summed E-state index contributed by atoms with van der Waals surface area (Å²) >= 11 is 1.24. The Morgan fingerprint density at radius 3 is 2.61 bits per heavy atom. The van der Waals surface area contributed by atoms with E-state index in [9.17, 15) is 4.79 Å². The van der Waals surface area contributed by atoms with E-state index < -0.39 is 5.91 Å². The number of nitrogens with zero attached hydrogens (tertiary/aromatic N) is 4. The minimum Gasteiger partial charge on any atom is -0.491 e. The minimum atomic E-state index is -0.465. The van der Waals surface area contributed by atoms with Gasteiger partial charge < -0.3 is 14.0 Å². The van der Waals surface area contributed by atoms with Crippen molar-refractivity contribution in [3.05, 3.63) is 114 Å². The molecule has 0 unspecified atom stereocenters. The lowest BCUT2D eigenvalue weighted by molar-refractivity contribution is -0.114. The summed E-state index contributed by atoms with van der Waals surface area (Å²) in [5, 5.41) is 16.6. The van der Waals surface area contributed by atoms with Crippen LogP contribution < -0.4 is 9.47 Å². The Morgan fingerprint density at radius 2 is 1.76 bits per heavy atom. The van der Waals surface area contributed by atoms with E-state index in [1.807, 2.05) is 91.1 Å². The van der Waals surface area contributed by atoms with Crippen LogP contribution in [0, 0.1) is 5.41 Å². The number of amides is 1. The fourth-order valence-corrected chi connectivity index (χ4v) is 5.50. The molecule has 3 heterocycles. The number of aromatic nitrogens is 1. The molecule has 0 fully saturated rings. The van der Waals surface area contributed by atoms with Gasteiger partial charge in [0.2, 0.25) is 5.17 Å². The summed E-state index contributed by atoms with van der Waals surface area (Å²) in [5.41, 5.74) is 3.11. The van der Waals surface area contributed by atoms with Crippen molar-refractivity contribution >= 4 is 50.7 Å². The molecular formula is C32H27N5O3S. The van der Waals surface area contributed by atoms with Gasteiger partial charge in [-0.1, -0.05) is 60.7 Å². The van der Waals surface area contributed by atoms with Gasteiger partial charge in [-0.3, -0.25) is 10.2 Å². The number of nitrogens with one attached hydrogen (secondary N) is 1. The van der Waals surface area contributed by atoms with Crippen LogP contribution in [0.1, 0.15) is 11.1 Å².